The van der Waals surface area contributed by atoms with Gasteiger partial charge in [-0.15, -0.1) is 24.8 Å². The maximum absolute atomic E-state index is 12.6. The number of hydrogen-bond acceptors (Lipinski definition) is 4. The summed E-state index contributed by atoms with van der Waals surface area (Å²) >= 11 is 0. The molecule has 0 spiro atoms. The van der Waals surface area contributed by atoms with Crippen molar-refractivity contribution in [3.05, 3.63) is 42.5 Å². The van der Waals surface area contributed by atoms with Gasteiger partial charge in [0, 0.05) is 31.7 Å². The molecule has 0 aliphatic carbocycles. The fourth-order valence-electron chi connectivity index (χ4n) is 2.63. The number of amides is 1. The van der Waals surface area contributed by atoms with E-state index in [-0.39, 0.29) is 36.1 Å². The van der Waals surface area contributed by atoms with Crippen LogP contribution in [0.15, 0.2) is 36.8 Å². The maximum Gasteiger partial charge on any atom is 0.272 e. The molecular weight excluding hydrogens is 337 g/mol. The SMILES string of the molecule is CC1(CN)CCN(C(=O)c2cc(-n3cccn3)ccn2)C1.Cl.Cl. The molecule has 3 rings (SSSR count). The number of nitrogens with two attached hydrogens (primary N) is 1. The molecule has 1 aliphatic rings. The second kappa shape index (κ2) is 7.77. The molecule has 23 heavy (non-hydrogen) atoms. The van der Waals surface area contributed by atoms with Crippen LogP contribution >= 0.6 is 24.8 Å². The molecule has 8 heteroatoms. The maximum atomic E-state index is 12.6. The summed E-state index contributed by atoms with van der Waals surface area (Å²) in [4.78, 5) is 18.6. The fourth-order valence-corrected chi connectivity index (χ4v) is 2.63. The van der Waals surface area contributed by atoms with Gasteiger partial charge in [-0.25, -0.2) is 4.68 Å². The first-order chi connectivity index (χ1) is 10.1. The molecule has 2 aromatic heterocycles. The summed E-state index contributed by atoms with van der Waals surface area (Å²) in [5, 5.41) is 4.17. The smallest absolute Gasteiger partial charge is 0.272 e. The van der Waals surface area contributed by atoms with Crippen LogP contribution in [0.4, 0.5) is 0 Å². The predicted molar refractivity (Wildman–Crippen MR) is 93.5 cm³/mol. The lowest BCUT2D eigenvalue weighted by Crippen LogP contribution is -2.34. The van der Waals surface area contributed by atoms with Crippen molar-refractivity contribution in [2.75, 3.05) is 19.6 Å². The molecule has 1 aliphatic heterocycles. The number of halogens is 2. The Kier molecular flexibility index (Phi) is 6.56. The largest absolute Gasteiger partial charge is 0.337 e. The van der Waals surface area contributed by atoms with Crippen LogP contribution in [0.25, 0.3) is 5.69 Å². The quantitative estimate of drug-likeness (QED) is 0.910. The third-order valence-corrected chi connectivity index (χ3v) is 4.07. The Balaban J connectivity index is 0.00000132. The van der Waals surface area contributed by atoms with Crippen LogP contribution < -0.4 is 5.73 Å². The molecule has 1 amide bonds. The number of likely N-dealkylation sites (tertiary alicyclic amines) is 1. The van der Waals surface area contributed by atoms with Gasteiger partial charge in [-0.2, -0.15) is 5.10 Å². The number of hydrogen-bond donors (Lipinski definition) is 1. The summed E-state index contributed by atoms with van der Waals surface area (Å²) in [5.41, 5.74) is 7.10. The first kappa shape index (κ1) is 19.4. The van der Waals surface area contributed by atoms with Crippen molar-refractivity contribution in [2.24, 2.45) is 11.1 Å². The van der Waals surface area contributed by atoms with E-state index in [0.29, 0.717) is 18.8 Å². The van der Waals surface area contributed by atoms with Gasteiger partial charge in [0.25, 0.3) is 5.91 Å². The average molecular weight is 358 g/mol. The van der Waals surface area contributed by atoms with E-state index in [1.165, 1.54) is 0 Å². The minimum absolute atomic E-state index is 0. The topological polar surface area (TPSA) is 77.0 Å². The van der Waals surface area contributed by atoms with Gasteiger partial charge >= 0.3 is 0 Å². The molecule has 3 heterocycles. The Hall–Kier alpha value is -1.63. The summed E-state index contributed by atoms with van der Waals surface area (Å²) in [6.45, 7) is 4.14. The summed E-state index contributed by atoms with van der Waals surface area (Å²) in [7, 11) is 0. The van der Waals surface area contributed by atoms with Crippen molar-refractivity contribution >= 4 is 30.7 Å². The number of carbonyl (C=O) groups excluding carboxylic acids is 1. The minimum atomic E-state index is -0.0406. The van der Waals surface area contributed by atoms with Crippen LogP contribution in [0.1, 0.15) is 23.8 Å². The zero-order chi connectivity index (χ0) is 14.9. The van der Waals surface area contributed by atoms with Gasteiger partial charge in [0.1, 0.15) is 5.69 Å². The number of pyridine rings is 1. The molecule has 1 fully saturated rings. The Morgan fingerprint density at radius 1 is 1.39 bits per heavy atom. The Bertz CT molecular complexity index is 649. The van der Waals surface area contributed by atoms with Gasteiger partial charge in [0.2, 0.25) is 0 Å². The standard InChI is InChI=1S/C15H19N5O.2ClH/c1-15(10-16)4-8-19(11-15)14(21)13-9-12(3-6-17-13)20-7-2-5-18-20;;/h2-3,5-7,9H,4,8,10-11,16H2,1H3;2*1H. The van der Waals surface area contributed by atoms with Gasteiger partial charge in [0.05, 0.1) is 5.69 Å². The van der Waals surface area contributed by atoms with E-state index < -0.39 is 0 Å². The average Bonchev–Trinajstić information content (AvgIpc) is 3.17. The second-order valence-electron chi connectivity index (χ2n) is 5.84. The molecule has 2 N–H and O–H groups in total. The fraction of sp³-hybridized carbons (Fsp3) is 0.400. The van der Waals surface area contributed by atoms with Crippen molar-refractivity contribution in [1.29, 1.82) is 0 Å². The van der Waals surface area contributed by atoms with Gasteiger partial charge in [0.15, 0.2) is 0 Å². The Morgan fingerprint density at radius 3 is 2.78 bits per heavy atom. The van der Waals surface area contributed by atoms with Crippen molar-refractivity contribution in [3.63, 3.8) is 0 Å². The molecule has 1 saturated heterocycles. The molecule has 6 nitrogen and oxygen atoms in total. The zero-order valence-electron chi connectivity index (χ0n) is 12.9. The lowest BCUT2D eigenvalue weighted by molar-refractivity contribution is 0.0771. The van der Waals surface area contributed by atoms with Crippen LogP contribution in [0, 0.1) is 5.41 Å². The molecule has 0 aromatic carbocycles. The van der Waals surface area contributed by atoms with Gasteiger partial charge in [-0.1, -0.05) is 6.92 Å². The monoisotopic (exact) mass is 357 g/mol. The molecular formula is C15H21Cl2N5O. The van der Waals surface area contributed by atoms with Gasteiger partial charge in [-0.05, 0) is 36.6 Å². The molecule has 0 radical (unpaired) electrons. The lowest BCUT2D eigenvalue weighted by Gasteiger charge is -2.22. The summed E-state index contributed by atoms with van der Waals surface area (Å²) in [5.74, 6) is -0.0406. The van der Waals surface area contributed by atoms with Crippen molar-refractivity contribution < 1.29 is 4.79 Å². The van der Waals surface area contributed by atoms with E-state index in [1.807, 2.05) is 23.2 Å². The van der Waals surface area contributed by atoms with Crippen LogP contribution in [0.2, 0.25) is 0 Å². The van der Waals surface area contributed by atoms with Crippen LogP contribution in [0.5, 0.6) is 0 Å². The molecule has 1 atom stereocenters. The number of rotatable bonds is 3. The molecule has 1 unspecified atom stereocenters. The van der Waals surface area contributed by atoms with Crippen molar-refractivity contribution in [1.82, 2.24) is 19.7 Å². The lowest BCUT2D eigenvalue weighted by atomic mass is 9.90. The van der Waals surface area contributed by atoms with Crippen LogP contribution in [0.3, 0.4) is 0 Å². The number of nitrogens with zero attached hydrogens (tertiary/aromatic N) is 4. The van der Waals surface area contributed by atoms with E-state index in [1.54, 1.807) is 23.1 Å². The van der Waals surface area contributed by atoms with Crippen molar-refractivity contribution in [3.8, 4) is 5.69 Å². The Morgan fingerprint density at radius 2 is 2.17 bits per heavy atom. The second-order valence-corrected chi connectivity index (χ2v) is 5.84. The Labute approximate surface area is 147 Å². The predicted octanol–water partition coefficient (Wildman–Crippen LogP) is 1.92. The number of aromatic nitrogens is 3. The molecule has 2 aromatic rings. The molecule has 0 bridgehead atoms. The first-order valence-electron chi connectivity index (χ1n) is 7.07. The highest BCUT2D eigenvalue weighted by Crippen LogP contribution is 2.29. The van der Waals surface area contributed by atoms with E-state index in [2.05, 4.69) is 17.0 Å². The normalized spacial score (nSPS) is 19.8. The highest BCUT2D eigenvalue weighted by atomic mass is 35.5. The van der Waals surface area contributed by atoms with E-state index in [0.717, 1.165) is 18.7 Å². The third-order valence-electron chi connectivity index (χ3n) is 4.07. The first-order valence-corrected chi connectivity index (χ1v) is 7.07. The van der Waals surface area contributed by atoms with Crippen LogP contribution in [-0.4, -0.2) is 45.2 Å². The highest BCUT2D eigenvalue weighted by Gasteiger charge is 2.35. The van der Waals surface area contributed by atoms with E-state index in [4.69, 9.17) is 5.73 Å². The zero-order valence-corrected chi connectivity index (χ0v) is 14.5. The minimum Gasteiger partial charge on any atom is -0.337 e. The highest BCUT2D eigenvalue weighted by molar-refractivity contribution is 5.93. The third kappa shape index (κ3) is 4.02. The van der Waals surface area contributed by atoms with Gasteiger partial charge < -0.3 is 10.6 Å². The summed E-state index contributed by atoms with van der Waals surface area (Å²) in [6, 6.07) is 5.44. The summed E-state index contributed by atoms with van der Waals surface area (Å²) in [6.07, 6.45) is 6.12. The van der Waals surface area contributed by atoms with Gasteiger partial charge in [-0.3, -0.25) is 9.78 Å². The number of carbonyl (C=O) groups is 1. The summed E-state index contributed by atoms with van der Waals surface area (Å²) < 4.78 is 1.71. The molecule has 126 valence electrons. The van der Waals surface area contributed by atoms with E-state index in [9.17, 15) is 4.79 Å². The van der Waals surface area contributed by atoms with E-state index >= 15 is 0 Å². The molecule has 0 saturated carbocycles. The van der Waals surface area contributed by atoms with Crippen LogP contribution in [-0.2, 0) is 0 Å². The van der Waals surface area contributed by atoms with Crippen molar-refractivity contribution in [2.45, 2.75) is 13.3 Å².